The maximum atomic E-state index is 12.6. The van der Waals surface area contributed by atoms with Crippen molar-refractivity contribution in [1.82, 2.24) is 30.4 Å². The summed E-state index contributed by atoms with van der Waals surface area (Å²) in [5.41, 5.74) is 8.92. The molecule has 0 spiro atoms. The average Bonchev–Trinajstić information content (AvgIpc) is 3.23. The molecular weight excluding hydrogens is 496 g/mol. The molecule has 0 aliphatic heterocycles. The Bertz CT molecular complexity index is 1740. The van der Waals surface area contributed by atoms with Gasteiger partial charge in [-0.1, -0.05) is 24.5 Å². The van der Waals surface area contributed by atoms with E-state index in [0.29, 0.717) is 12.1 Å². The van der Waals surface area contributed by atoms with Gasteiger partial charge in [0.15, 0.2) is 0 Å². The molecule has 0 unspecified atom stereocenters. The van der Waals surface area contributed by atoms with Crippen molar-refractivity contribution in [2.75, 3.05) is 27.2 Å². The molecule has 2 aromatic carbocycles. The molecule has 0 saturated heterocycles. The highest BCUT2D eigenvalue weighted by molar-refractivity contribution is 6.10. The van der Waals surface area contributed by atoms with Crippen molar-refractivity contribution in [3.63, 3.8) is 0 Å². The van der Waals surface area contributed by atoms with Crippen LogP contribution in [0.25, 0.3) is 33.1 Å². The average molecular weight is 529 g/mol. The molecule has 1 aliphatic rings. The predicted molar refractivity (Wildman–Crippen MR) is 159 cm³/mol. The molecular formula is C33H32N6O. The summed E-state index contributed by atoms with van der Waals surface area (Å²) in [6, 6.07) is 15.8. The van der Waals surface area contributed by atoms with Crippen LogP contribution < -0.4 is 5.32 Å². The summed E-state index contributed by atoms with van der Waals surface area (Å²) >= 11 is 0. The highest BCUT2D eigenvalue weighted by Gasteiger charge is 2.22. The van der Waals surface area contributed by atoms with Gasteiger partial charge in [0.1, 0.15) is 5.69 Å². The van der Waals surface area contributed by atoms with Crippen molar-refractivity contribution in [3.05, 3.63) is 88.9 Å². The van der Waals surface area contributed by atoms with Gasteiger partial charge in [0, 0.05) is 52.9 Å². The minimum absolute atomic E-state index is 0.0542. The number of benzene rings is 2. The molecule has 3 heterocycles. The van der Waals surface area contributed by atoms with Gasteiger partial charge in [-0.3, -0.25) is 14.9 Å². The number of carbonyl (C=O) groups is 1. The summed E-state index contributed by atoms with van der Waals surface area (Å²) in [6.07, 6.45) is 8.94. The van der Waals surface area contributed by atoms with Gasteiger partial charge in [-0.05, 0) is 93.2 Å². The van der Waals surface area contributed by atoms with Gasteiger partial charge < -0.3 is 10.2 Å². The maximum absolute atomic E-state index is 12.6. The summed E-state index contributed by atoms with van der Waals surface area (Å²) in [5.74, 6) is 6.51. The van der Waals surface area contributed by atoms with Gasteiger partial charge in [0.2, 0.25) is 0 Å². The first-order chi connectivity index (χ1) is 19.6. The molecule has 0 fully saturated rings. The van der Waals surface area contributed by atoms with Crippen LogP contribution in [0.1, 0.15) is 52.0 Å². The lowest BCUT2D eigenvalue weighted by molar-refractivity contribution is 0.0951. The van der Waals surface area contributed by atoms with Crippen LogP contribution in [-0.2, 0) is 12.8 Å². The number of pyridine rings is 2. The van der Waals surface area contributed by atoms with E-state index < -0.39 is 0 Å². The number of hydrogen-bond donors (Lipinski definition) is 2. The Morgan fingerprint density at radius 2 is 1.65 bits per heavy atom. The lowest BCUT2D eigenvalue weighted by Crippen LogP contribution is -2.31. The number of nitrogens with zero attached hydrogens (tertiary/aromatic N) is 4. The van der Waals surface area contributed by atoms with E-state index in [1.807, 2.05) is 61.5 Å². The van der Waals surface area contributed by atoms with Gasteiger partial charge >= 0.3 is 0 Å². The molecule has 3 aromatic heterocycles. The first kappa shape index (κ1) is 25.7. The minimum Gasteiger partial charge on any atom is -0.351 e. The number of amides is 1. The Morgan fingerprint density at radius 1 is 0.900 bits per heavy atom. The van der Waals surface area contributed by atoms with Gasteiger partial charge in [0.25, 0.3) is 5.91 Å². The minimum atomic E-state index is -0.0542. The lowest BCUT2D eigenvalue weighted by atomic mass is 9.91. The molecule has 1 amide bonds. The molecule has 200 valence electrons. The number of likely N-dealkylation sites (N-methyl/N-ethyl adjacent to an activating group) is 1. The smallest absolute Gasteiger partial charge is 0.251 e. The van der Waals surface area contributed by atoms with Crippen molar-refractivity contribution in [3.8, 4) is 23.1 Å². The third-order valence-corrected chi connectivity index (χ3v) is 7.51. The molecule has 7 heteroatoms. The molecule has 6 rings (SSSR count). The Kier molecular flexibility index (Phi) is 7.26. The van der Waals surface area contributed by atoms with Crippen molar-refractivity contribution in [1.29, 1.82) is 0 Å². The fourth-order valence-electron chi connectivity index (χ4n) is 5.48. The molecule has 40 heavy (non-hydrogen) atoms. The van der Waals surface area contributed by atoms with Crippen LogP contribution in [0.3, 0.4) is 0 Å². The van der Waals surface area contributed by atoms with Crippen LogP contribution in [0.4, 0.5) is 0 Å². The summed E-state index contributed by atoms with van der Waals surface area (Å²) in [5, 5.41) is 12.9. The molecule has 7 nitrogen and oxygen atoms in total. The van der Waals surface area contributed by atoms with E-state index in [1.54, 1.807) is 12.4 Å². The maximum Gasteiger partial charge on any atom is 0.251 e. The summed E-state index contributed by atoms with van der Waals surface area (Å²) < 4.78 is 0. The van der Waals surface area contributed by atoms with E-state index in [0.717, 1.165) is 76.5 Å². The van der Waals surface area contributed by atoms with E-state index in [2.05, 4.69) is 38.4 Å². The Hall–Kier alpha value is -4.54. The van der Waals surface area contributed by atoms with Crippen molar-refractivity contribution in [2.45, 2.75) is 32.1 Å². The van der Waals surface area contributed by atoms with Crippen LogP contribution in [0.2, 0.25) is 0 Å². The second-order valence-electron chi connectivity index (χ2n) is 10.6. The van der Waals surface area contributed by atoms with Crippen molar-refractivity contribution >= 4 is 27.7 Å². The topological polar surface area (TPSA) is 86.8 Å². The monoisotopic (exact) mass is 528 g/mol. The van der Waals surface area contributed by atoms with Gasteiger partial charge in [-0.2, -0.15) is 5.10 Å². The molecule has 5 aromatic rings. The molecule has 1 aliphatic carbocycles. The Morgan fingerprint density at radius 3 is 2.42 bits per heavy atom. The van der Waals surface area contributed by atoms with Gasteiger partial charge in [-0.15, -0.1) is 0 Å². The second kappa shape index (κ2) is 11.3. The summed E-state index contributed by atoms with van der Waals surface area (Å²) in [6.45, 7) is 1.42. The number of rotatable bonds is 5. The quantitative estimate of drug-likeness (QED) is 0.244. The van der Waals surface area contributed by atoms with Gasteiger partial charge in [-0.25, -0.2) is 4.98 Å². The van der Waals surface area contributed by atoms with Crippen LogP contribution in [0, 0.1) is 11.8 Å². The first-order valence-electron chi connectivity index (χ1n) is 13.9. The highest BCUT2D eigenvalue weighted by Crippen LogP contribution is 2.38. The number of hydrogen-bond acceptors (Lipinski definition) is 5. The van der Waals surface area contributed by atoms with E-state index in [-0.39, 0.29) is 5.91 Å². The van der Waals surface area contributed by atoms with Crippen LogP contribution in [0.15, 0.2) is 60.9 Å². The zero-order valence-electron chi connectivity index (χ0n) is 22.9. The Balaban J connectivity index is 1.44. The van der Waals surface area contributed by atoms with E-state index in [1.165, 1.54) is 17.5 Å². The normalized spacial score (nSPS) is 13.1. The zero-order chi connectivity index (χ0) is 27.5. The van der Waals surface area contributed by atoms with E-state index >= 15 is 0 Å². The Labute approximate surface area is 234 Å². The van der Waals surface area contributed by atoms with Crippen LogP contribution >= 0.6 is 0 Å². The summed E-state index contributed by atoms with van der Waals surface area (Å²) in [4.78, 5) is 24.0. The van der Waals surface area contributed by atoms with Crippen LogP contribution in [0.5, 0.6) is 0 Å². The predicted octanol–water partition coefficient (Wildman–Crippen LogP) is 5.13. The number of aryl methyl sites for hydroxylation is 1. The summed E-state index contributed by atoms with van der Waals surface area (Å²) in [7, 11) is 3.99. The molecule has 0 atom stereocenters. The SMILES string of the molecule is CN(C)CCNC(=O)c1ccc(-c2nc3ccc4n[nH]c(C#Cc5ccncc5)c4c3c3c2CCCCC3)cc1. The highest BCUT2D eigenvalue weighted by atomic mass is 16.1. The van der Waals surface area contributed by atoms with Gasteiger partial charge in [0.05, 0.1) is 16.7 Å². The third-order valence-electron chi connectivity index (χ3n) is 7.51. The molecule has 2 N–H and O–H groups in total. The fraction of sp³-hybridized carbons (Fsp3) is 0.273. The fourth-order valence-corrected chi connectivity index (χ4v) is 5.48. The second-order valence-corrected chi connectivity index (χ2v) is 10.6. The number of carbonyl (C=O) groups excluding carboxylic acids is 1. The molecule has 0 saturated carbocycles. The van der Waals surface area contributed by atoms with Crippen molar-refractivity contribution < 1.29 is 4.79 Å². The molecule has 0 bridgehead atoms. The molecule has 0 radical (unpaired) electrons. The standard InChI is InChI=1S/C33H32N6O/c1-39(2)21-20-35-33(40)24-11-9-23(10-12-24)32-26-7-5-3-4-6-25(26)30-27(36-32)14-15-29-31(30)28(37-38-29)13-8-22-16-18-34-19-17-22/h9-12,14-19H,3-7,20-21H2,1-2H3,(H,35,40)(H,37,38). The van der Waals surface area contributed by atoms with Crippen molar-refractivity contribution in [2.24, 2.45) is 0 Å². The third kappa shape index (κ3) is 5.18. The lowest BCUT2D eigenvalue weighted by Gasteiger charge is -2.16. The van der Waals surface area contributed by atoms with E-state index in [4.69, 9.17) is 4.98 Å². The first-order valence-corrected chi connectivity index (χ1v) is 13.9. The number of fused-ring (bicyclic) bond motifs is 5. The number of H-pyrrole nitrogens is 1. The van der Waals surface area contributed by atoms with E-state index in [9.17, 15) is 4.79 Å². The number of nitrogens with one attached hydrogen (secondary N) is 2. The number of aromatic nitrogens is 4. The largest absolute Gasteiger partial charge is 0.351 e. The zero-order valence-corrected chi connectivity index (χ0v) is 22.9. The van der Waals surface area contributed by atoms with Crippen LogP contribution in [-0.4, -0.2) is 58.2 Å². The number of aromatic amines is 1.